The molecule has 2 amide bonds. The summed E-state index contributed by atoms with van der Waals surface area (Å²) >= 11 is 1.67. The molecule has 2 fully saturated rings. The number of hydrogen-bond donors (Lipinski definition) is 0. The standard InChI is InChI=1S/C11H17N2O2S/c14-9-12-6-7-16-10(8-12)11(15)13-4-2-1-3-5-13/h10H,1-8H2. The minimum absolute atomic E-state index is 0.0618. The molecule has 2 heterocycles. The number of carbonyl (C=O) groups excluding carboxylic acids is 2. The highest BCUT2D eigenvalue weighted by atomic mass is 32.2. The number of hydrogen-bond acceptors (Lipinski definition) is 3. The smallest absolute Gasteiger partial charge is 0.312 e. The Hall–Kier alpha value is -0.710. The van der Waals surface area contributed by atoms with Crippen molar-refractivity contribution in [2.75, 3.05) is 31.9 Å². The van der Waals surface area contributed by atoms with Crippen molar-refractivity contribution < 1.29 is 9.59 Å². The lowest BCUT2D eigenvalue weighted by Crippen LogP contribution is -2.48. The normalized spacial score (nSPS) is 26.6. The quantitative estimate of drug-likeness (QED) is 0.706. The van der Waals surface area contributed by atoms with Crippen molar-refractivity contribution in [3.8, 4) is 0 Å². The summed E-state index contributed by atoms with van der Waals surface area (Å²) in [5, 5.41) is -0.0618. The zero-order valence-corrected chi connectivity index (χ0v) is 10.2. The van der Waals surface area contributed by atoms with E-state index in [1.807, 2.05) is 11.3 Å². The maximum absolute atomic E-state index is 12.2. The molecule has 0 N–H and O–H groups in total. The van der Waals surface area contributed by atoms with Crippen LogP contribution in [0.4, 0.5) is 0 Å². The molecule has 0 aromatic carbocycles. The summed E-state index contributed by atoms with van der Waals surface area (Å²) in [6.45, 7) is 3.03. The Kier molecular flexibility index (Phi) is 4.09. The van der Waals surface area contributed by atoms with Gasteiger partial charge in [0.2, 0.25) is 5.91 Å². The molecule has 0 bridgehead atoms. The van der Waals surface area contributed by atoms with E-state index < -0.39 is 0 Å². The number of rotatable bonds is 2. The average Bonchev–Trinajstić information content (AvgIpc) is 2.39. The molecule has 1 atom stereocenters. The van der Waals surface area contributed by atoms with Crippen molar-refractivity contribution in [3.63, 3.8) is 0 Å². The third kappa shape index (κ3) is 2.70. The Morgan fingerprint density at radius 1 is 1.19 bits per heavy atom. The second-order valence-corrected chi connectivity index (χ2v) is 5.59. The topological polar surface area (TPSA) is 40.6 Å². The van der Waals surface area contributed by atoms with Gasteiger partial charge in [-0.05, 0) is 19.3 Å². The van der Waals surface area contributed by atoms with Crippen molar-refractivity contribution in [2.45, 2.75) is 24.5 Å². The highest BCUT2D eigenvalue weighted by Crippen LogP contribution is 2.21. The van der Waals surface area contributed by atoms with E-state index in [0.717, 1.165) is 38.2 Å². The molecule has 2 saturated heterocycles. The highest BCUT2D eigenvalue weighted by Gasteiger charge is 2.30. The minimum atomic E-state index is -0.0618. The maximum atomic E-state index is 12.2. The number of piperidine rings is 1. The van der Waals surface area contributed by atoms with Crippen LogP contribution < -0.4 is 0 Å². The maximum Gasteiger partial charge on any atom is 0.312 e. The first-order chi connectivity index (χ1) is 7.81. The molecule has 0 aromatic rings. The van der Waals surface area contributed by atoms with Crippen LogP contribution in [0.25, 0.3) is 0 Å². The fraction of sp³-hybridized carbons (Fsp3) is 0.818. The summed E-state index contributed by atoms with van der Waals surface area (Å²) in [4.78, 5) is 26.3. The number of amides is 2. The monoisotopic (exact) mass is 241 g/mol. The highest BCUT2D eigenvalue weighted by molar-refractivity contribution is 8.00. The summed E-state index contributed by atoms with van der Waals surface area (Å²) in [6.07, 6.45) is 5.36. The molecule has 0 aliphatic carbocycles. The first-order valence-electron chi connectivity index (χ1n) is 5.84. The van der Waals surface area contributed by atoms with Gasteiger partial charge in [0.25, 0.3) is 0 Å². The van der Waals surface area contributed by atoms with E-state index in [1.54, 1.807) is 16.7 Å². The van der Waals surface area contributed by atoms with E-state index in [2.05, 4.69) is 0 Å². The van der Waals surface area contributed by atoms with Crippen molar-refractivity contribution >= 4 is 24.1 Å². The van der Waals surface area contributed by atoms with Crippen LogP contribution in [0.1, 0.15) is 19.3 Å². The number of thioether (sulfide) groups is 1. The third-order valence-corrected chi connectivity index (χ3v) is 4.31. The van der Waals surface area contributed by atoms with Gasteiger partial charge >= 0.3 is 6.41 Å². The van der Waals surface area contributed by atoms with Crippen LogP contribution in [0.2, 0.25) is 0 Å². The van der Waals surface area contributed by atoms with Crippen LogP contribution in [0, 0.1) is 0 Å². The SMILES string of the molecule is O=[C]N1CCSC(C(=O)N2CCCCC2)C1. The fourth-order valence-corrected chi connectivity index (χ4v) is 3.39. The molecular weight excluding hydrogens is 224 g/mol. The molecule has 1 unspecified atom stereocenters. The van der Waals surface area contributed by atoms with Gasteiger partial charge in [-0.2, -0.15) is 0 Å². The molecule has 89 valence electrons. The van der Waals surface area contributed by atoms with Gasteiger partial charge in [0.15, 0.2) is 0 Å². The second kappa shape index (κ2) is 5.57. The van der Waals surface area contributed by atoms with Crippen molar-refractivity contribution in [3.05, 3.63) is 0 Å². The van der Waals surface area contributed by atoms with Gasteiger partial charge in [0.1, 0.15) is 5.25 Å². The Labute approximate surface area is 100 Å². The second-order valence-electron chi connectivity index (χ2n) is 4.28. The van der Waals surface area contributed by atoms with E-state index in [9.17, 15) is 9.59 Å². The largest absolute Gasteiger partial charge is 0.342 e. The first kappa shape index (κ1) is 11.8. The van der Waals surface area contributed by atoms with Gasteiger partial charge in [-0.3, -0.25) is 9.59 Å². The Bertz CT molecular complexity index is 267. The zero-order valence-electron chi connectivity index (χ0n) is 9.35. The van der Waals surface area contributed by atoms with Gasteiger partial charge in [-0.1, -0.05) is 0 Å². The van der Waals surface area contributed by atoms with Crippen LogP contribution >= 0.6 is 11.8 Å². The van der Waals surface area contributed by atoms with Crippen LogP contribution in [0.5, 0.6) is 0 Å². The predicted molar refractivity (Wildman–Crippen MR) is 63.9 cm³/mol. The van der Waals surface area contributed by atoms with Gasteiger partial charge in [0, 0.05) is 31.9 Å². The zero-order chi connectivity index (χ0) is 11.4. The summed E-state index contributed by atoms with van der Waals surface area (Å²) in [5.74, 6) is 1.06. The third-order valence-electron chi connectivity index (χ3n) is 3.14. The Balaban J connectivity index is 1.90. The summed E-state index contributed by atoms with van der Waals surface area (Å²) in [6, 6.07) is 0. The van der Waals surface area contributed by atoms with Crippen LogP contribution in [0.3, 0.4) is 0 Å². The summed E-state index contributed by atoms with van der Waals surface area (Å²) < 4.78 is 0. The lowest BCUT2D eigenvalue weighted by atomic mass is 10.1. The van der Waals surface area contributed by atoms with Gasteiger partial charge in [0.05, 0.1) is 0 Å². The number of nitrogens with zero attached hydrogens (tertiary/aromatic N) is 2. The molecular formula is C11H17N2O2S. The average molecular weight is 241 g/mol. The van der Waals surface area contributed by atoms with Crippen molar-refractivity contribution in [1.29, 1.82) is 0 Å². The van der Waals surface area contributed by atoms with E-state index >= 15 is 0 Å². The van der Waals surface area contributed by atoms with E-state index in [4.69, 9.17) is 0 Å². The summed E-state index contributed by atoms with van der Waals surface area (Å²) in [5.41, 5.74) is 0. The van der Waals surface area contributed by atoms with Gasteiger partial charge in [-0.25, -0.2) is 0 Å². The Morgan fingerprint density at radius 3 is 2.62 bits per heavy atom. The summed E-state index contributed by atoms with van der Waals surface area (Å²) in [7, 11) is 0. The molecule has 1 radical (unpaired) electrons. The lowest BCUT2D eigenvalue weighted by Gasteiger charge is -2.34. The van der Waals surface area contributed by atoms with Crippen molar-refractivity contribution in [1.82, 2.24) is 9.80 Å². The molecule has 2 aliphatic heterocycles. The first-order valence-corrected chi connectivity index (χ1v) is 6.89. The molecule has 0 aromatic heterocycles. The molecule has 2 aliphatic rings. The fourth-order valence-electron chi connectivity index (χ4n) is 2.20. The van der Waals surface area contributed by atoms with Crippen LogP contribution in [-0.4, -0.2) is 59.3 Å². The number of carbonyl (C=O) groups is 1. The van der Waals surface area contributed by atoms with Crippen LogP contribution in [-0.2, 0) is 9.59 Å². The van der Waals surface area contributed by atoms with Crippen molar-refractivity contribution in [2.24, 2.45) is 0 Å². The van der Waals surface area contributed by atoms with Crippen LogP contribution in [0.15, 0.2) is 0 Å². The van der Waals surface area contributed by atoms with E-state index in [0.29, 0.717) is 6.54 Å². The van der Waals surface area contributed by atoms with Gasteiger partial charge in [-0.15, -0.1) is 11.8 Å². The lowest BCUT2D eigenvalue weighted by molar-refractivity contribution is -0.131. The molecule has 2 rings (SSSR count). The Morgan fingerprint density at radius 2 is 1.94 bits per heavy atom. The number of likely N-dealkylation sites (tertiary alicyclic amines) is 1. The van der Waals surface area contributed by atoms with E-state index in [1.165, 1.54) is 6.42 Å². The van der Waals surface area contributed by atoms with E-state index in [-0.39, 0.29) is 11.2 Å². The predicted octanol–water partition coefficient (Wildman–Crippen LogP) is 0.483. The molecule has 0 saturated carbocycles. The molecule has 4 nitrogen and oxygen atoms in total. The van der Waals surface area contributed by atoms with Gasteiger partial charge < -0.3 is 9.80 Å². The molecule has 0 spiro atoms. The minimum Gasteiger partial charge on any atom is -0.342 e. The molecule has 5 heteroatoms. The molecule has 16 heavy (non-hydrogen) atoms.